The van der Waals surface area contributed by atoms with Crippen molar-refractivity contribution in [2.24, 2.45) is 50.2 Å². The molecule has 5 rings (SSSR count). The Morgan fingerprint density at radius 2 is 1.61 bits per heavy atom. The van der Waals surface area contributed by atoms with Crippen molar-refractivity contribution in [2.75, 3.05) is 0 Å². The average Bonchev–Trinajstić information content (AvgIpc) is 2.72. The summed E-state index contributed by atoms with van der Waals surface area (Å²) in [5, 5.41) is 10.9. The van der Waals surface area contributed by atoms with Crippen molar-refractivity contribution in [1.29, 1.82) is 0 Å². The molecule has 4 saturated carbocycles. The maximum absolute atomic E-state index is 11.9. The van der Waals surface area contributed by atoms with E-state index in [0.29, 0.717) is 34.0 Å². The van der Waals surface area contributed by atoms with E-state index in [4.69, 9.17) is 0 Å². The van der Waals surface area contributed by atoms with Crippen molar-refractivity contribution in [3.63, 3.8) is 0 Å². The number of aliphatic hydroxyl groups excluding tert-OH is 1. The van der Waals surface area contributed by atoms with Crippen LogP contribution in [0.4, 0.5) is 0 Å². The molecule has 0 aromatic rings. The van der Waals surface area contributed by atoms with E-state index in [1.54, 1.807) is 5.57 Å². The highest BCUT2D eigenvalue weighted by molar-refractivity contribution is 5.52. The summed E-state index contributed by atoms with van der Waals surface area (Å²) in [6, 6.07) is 0. The van der Waals surface area contributed by atoms with Gasteiger partial charge >= 0.3 is 0 Å². The van der Waals surface area contributed by atoms with Crippen LogP contribution >= 0.6 is 0 Å². The molecule has 2 heteroatoms. The summed E-state index contributed by atoms with van der Waals surface area (Å²) >= 11 is 0. The van der Waals surface area contributed by atoms with Crippen LogP contribution < -0.4 is 0 Å². The number of aliphatic hydroxyl groups is 1. The summed E-state index contributed by atoms with van der Waals surface area (Å²) in [5.41, 5.74) is 3.22. The van der Waals surface area contributed by atoms with Gasteiger partial charge in [-0.15, -0.1) is 0 Å². The van der Waals surface area contributed by atoms with Crippen LogP contribution in [0.1, 0.15) is 119 Å². The normalized spacial score (nSPS) is 52.4. The Hall–Kier alpha value is -0.630. The summed E-state index contributed by atoms with van der Waals surface area (Å²) in [6.07, 6.45) is 16.7. The van der Waals surface area contributed by atoms with Crippen LogP contribution in [0.3, 0.4) is 0 Å². The topological polar surface area (TPSA) is 37.3 Å². The second-order valence-corrected chi connectivity index (χ2v) is 15.3. The van der Waals surface area contributed by atoms with Crippen molar-refractivity contribution >= 4 is 6.29 Å². The number of hydrogen-bond acceptors (Lipinski definition) is 2. The van der Waals surface area contributed by atoms with Crippen molar-refractivity contribution in [3.05, 3.63) is 11.6 Å². The van der Waals surface area contributed by atoms with Crippen LogP contribution in [0, 0.1) is 50.2 Å². The molecule has 0 amide bonds. The van der Waals surface area contributed by atoms with Gasteiger partial charge in [0.05, 0.1) is 6.10 Å². The average molecular weight is 455 g/mol. The number of aldehydes is 1. The van der Waals surface area contributed by atoms with Gasteiger partial charge in [-0.25, -0.2) is 0 Å². The van der Waals surface area contributed by atoms with Crippen LogP contribution in [0.5, 0.6) is 0 Å². The van der Waals surface area contributed by atoms with Gasteiger partial charge in [0.15, 0.2) is 0 Å². The van der Waals surface area contributed by atoms with Crippen LogP contribution in [0.25, 0.3) is 0 Å². The van der Waals surface area contributed by atoms with E-state index in [-0.39, 0.29) is 22.3 Å². The number of hydrogen-bond donors (Lipinski definition) is 1. The van der Waals surface area contributed by atoms with Gasteiger partial charge in [-0.3, -0.25) is 0 Å². The molecule has 2 nitrogen and oxygen atoms in total. The first kappa shape index (κ1) is 24.1. The molecule has 186 valence electrons. The molecule has 33 heavy (non-hydrogen) atoms. The van der Waals surface area contributed by atoms with E-state index < -0.39 is 0 Å². The highest BCUT2D eigenvalue weighted by Crippen LogP contribution is 2.75. The Kier molecular flexibility index (Phi) is 5.26. The van der Waals surface area contributed by atoms with E-state index in [2.05, 4.69) is 54.5 Å². The number of allylic oxidation sites excluding steroid dienone is 2. The molecule has 0 aromatic heterocycles. The molecular formula is C31H50O2. The standard InChI is InChI=1S/C31H50O2/c1-26(2)14-16-31(18-19-32)17-15-29(6)21(22(31)20-26)8-9-24-28(5)12-11-25(33)27(3,4)23(28)10-13-30(24,29)7/h8,19,22-25,33H,9-18,20H2,1-7H3/t22-,23-,24+,25-,28-,29+,30+,31+/m0/s1. The molecule has 0 bridgehead atoms. The summed E-state index contributed by atoms with van der Waals surface area (Å²) in [4.78, 5) is 11.9. The molecule has 5 aliphatic rings. The van der Waals surface area contributed by atoms with Gasteiger partial charge < -0.3 is 9.90 Å². The molecular weight excluding hydrogens is 404 g/mol. The van der Waals surface area contributed by atoms with Gasteiger partial charge in [0.2, 0.25) is 0 Å². The zero-order chi connectivity index (χ0) is 24.1. The minimum Gasteiger partial charge on any atom is -0.393 e. The van der Waals surface area contributed by atoms with Crippen molar-refractivity contribution < 1.29 is 9.90 Å². The molecule has 0 heterocycles. The minimum atomic E-state index is -0.159. The monoisotopic (exact) mass is 454 g/mol. The summed E-state index contributed by atoms with van der Waals surface area (Å²) < 4.78 is 0. The van der Waals surface area contributed by atoms with Gasteiger partial charge in [-0.1, -0.05) is 60.1 Å². The predicted octanol–water partition coefficient (Wildman–Crippen LogP) is 7.74. The molecule has 0 saturated heterocycles. The maximum atomic E-state index is 11.9. The highest BCUT2D eigenvalue weighted by atomic mass is 16.3. The quantitative estimate of drug-likeness (QED) is 0.342. The van der Waals surface area contributed by atoms with E-state index in [0.717, 1.165) is 12.8 Å². The zero-order valence-corrected chi connectivity index (χ0v) is 22.6. The minimum absolute atomic E-state index is 0.0122. The van der Waals surface area contributed by atoms with Crippen LogP contribution in [0.2, 0.25) is 0 Å². The van der Waals surface area contributed by atoms with E-state index in [1.807, 2.05) is 0 Å². The third-order valence-electron chi connectivity index (χ3n) is 13.3. The van der Waals surface area contributed by atoms with E-state index in [1.165, 1.54) is 64.1 Å². The van der Waals surface area contributed by atoms with Crippen LogP contribution in [0.15, 0.2) is 11.6 Å². The molecule has 0 radical (unpaired) electrons. The molecule has 5 aliphatic carbocycles. The second kappa shape index (κ2) is 7.21. The first-order valence-corrected chi connectivity index (χ1v) is 14.1. The van der Waals surface area contributed by atoms with Crippen molar-refractivity contribution in [1.82, 2.24) is 0 Å². The molecule has 0 unspecified atom stereocenters. The largest absolute Gasteiger partial charge is 0.393 e. The fourth-order valence-corrected chi connectivity index (χ4v) is 10.9. The summed E-state index contributed by atoms with van der Waals surface area (Å²) in [7, 11) is 0. The van der Waals surface area contributed by atoms with Gasteiger partial charge in [0, 0.05) is 6.42 Å². The van der Waals surface area contributed by atoms with Crippen molar-refractivity contribution in [3.8, 4) is 0 Å². The molecule has 0 aromatic carbocycles. The lowest BCUT2D eigenvalue weighted by Crippen LogP contribution is -2.64. The van der Waals surface area contributed by atoms with Crippen LogP contribution in [-0.4, -0.2) is 17.5 Å². The lowest BCUT2D eigenvalue weighted by atomic mass is 9.33. The third-order valence-corrected chi connectivity index (χ3v) is 13.3. The number of fused-ring (bicyclic) bond motifs is 7. The van der Waals surface area contributed by atoms with Crippen LogP contribution in [-0.2, 0) is 4.79 Å². The van der Waals surface area contributed by atoms with Gasteiger partial charge in [-0.2, -0.15) is 0 Å². The Balaban J connectivity index is 1.58. The Morgan fingerprint density at radius 3 is 2.30 bits per heavy atom. The fraction of sp³-hybridized carbons (Fsp3) is 0.903. The lowest BCUT2D eigenvalue weighted by molar-refractivity contribution is -0.203. The van der Waals surface area contributed by atoms with E-state index in [9.17, 15) is 9.90 Å². The van der Waals surface area contributed by atoms with Gasteiger partial charge in [-0.05, 0) is 114 Å². The lowest BCUT2D eigenvalue weighted by Gasteiger charge is -2.71. The Morgan fingerprint density at radius 1 is 0.909 bits per heavy atom. The molecule has 0 aliphatic heterocycles. The smallest absolute Gasteiger partial charge is 0.120 e. The molecule has 4 fully saturated rings. The van der Waals surface area contributed by atoms with Gasteiger partial charge in [0.1, 0.15) is 6.29 Å². The first-order chi connectivity index (χ1) is 15.3. The fourth-order valence-electron chi connectivity index (χ4n) is 10.9. The molecule has 1 N–H and O–H groups in total. The molecule has 0 spiro atoms. The summed E-state index contributed by atoms with van der Waals surface area (Å²) in [6.45, 7) is 17.5. The number of rotatable bonds is 2. The maximum Gasteiger partial charge on any atom is 0.120 e. The SMILES string of the molecule is CC1(C)CC[C@]2(CC=O)CC[C@]3(C)C(=CC[C@@H]4[C@@]5(C)CC[C@H](O)C(C)(C)[C@@H]5CC[C@]43C)[C@@H]2C1. The number of carbonyl (C=O) groups excluding carboxylic acids is 1. The number of carbonyl (C=O) groups is 1. The van der Waals surface area contributed by atoms with Crippen molar-refractivity contribution in [2.45, 2.75) is 125 Å². The van der Waals surface area contributed by atoms with E-state index >= 15 is 0 Å². The zero-order valence-electron chi connectivity index (χ0n) is 22.6. The third kappa shape index (κ3) is 3.04. The first-order valence-electron chi connectivity index (χ1n) is 14.1. The highest BCUT2D eigenvalue weighted by Gasteiger charge is 2.68. The predicted molar refractivity (Wildman–Crippen MR) is 136 cm³/mol. The van der Waals surface area contributed by atoms with Gasteiger partial charge in [0.25, 0.3) is 0 Å². The Labute approximate surface area is 203 Å². The second-order valence-electron chi connectivity index (χ2n) is 15.3. The summed E-state index contributed by atoms with van der Waals surface area (Å²) in [5.74, 6) is 1.88. The molecule has 8 atom stereocenters. The Bertz CT molecular complexity index is 853.